The predicted octanol–water partition coefficient (Wildman–Crippen LogP) is 1.04. The van der Waals surface area contributed by atoms with Crippen molar-refractivity contribution in [2.75, 3.05) is 0 Å². The number of benzene rings is 1. The maximum Gasteiger partial charge on any atom is 0.358 e. The SMILES string of the molecule is C=CC(=O)O/N=C(\N)c1ccccc1. The smallest absolute Gasteiger partial charge is 0.358 e. The normalized spacial score (nSPS) is 10.7. The molecule has 72 valence electrons. The van der Waals surface area contributed by atoms with Crippen molar-refractivity contribution in [1.82, 2.24) is 0 Å². The second-order valence-electron chi connectivity index (χ2n) is 2.46. The largest absolute Gasteiger partial charge is 0.380 e. The lowest BCUT2D eigenvalue weighted by Crippen LogP contribution is -2.14. The van der Waals surface area contributed by atoms with Gasteiger partial charge >= 0.3 is 5.97 Å². The fraction of sp³-hybridized carbons (Fsp3) is 0. The van der Waals surface area contributed by atoms with Gasteiger partial charge in [-0.1, -0.05) is 42.1 Å². The Balaban J connectivity index is 2.70. The molecule has 0 aromatic heterocycles. The first kappa shape index (κ1) is 9.98. The Morgan fingerprint density at radius 3 is 2.64 bits per heavy atom. The molecule has 1 aromatic rings. The summed E-state index contributed by atoms with van der Waals surface area (Å²) in [6.45, 7) is 3.23. The van der Waals surface area contributed by atoms with Gasteiger partial charge in [0.05, 0.1) is 0 Å². The minimum Gasteiger partial charge on any atom is -0.380 e. The van der Waals surface area contributed by atoms with Crippen LogP contribution < -0.4 is 5.73 Å². The zero-order chi connectivity index (χ0) is 10.4. The first-order valence-corrected chi connectivity index (χ1v) is 3.96. The molecule has 1 aromatic carbocycles. The molecule has 0 amide bonds. The molecule has 0 fully saturated rings. The van der Waals surface area contributed by atoms with Crippen LogP contribution in [0.5, 0.6) is 0 Å². The van der Waals surface area contributed by atoms with E-state index in [-0.39, 0.29) is 5.84 Å². The van der Waals surface area contributed by atoms with Gasteiger partial charge in [-0.3, -0.25) is 0 Å². The summed E-state index contributed by atoms with van der Waals surface area (Å²) in [7, 11) is 0. The molecule has 0 heterocycles. The van der Waals surface area contributed by atoms with Gasteiger partial charge in [-0.15, -0.1) is 0 Å². The average Bonchev–Trinajstić information content (AvgIpc) is 2.26. The highest BCUT2D eigenvalue weighted by Crippen LogP contribution is 1.97. The third kappa shape index (κ3) is 2.75. The minimum absolute atomic E-state index is 0.154. The Bertz CT molecular complexity index is 358. The summed E-state index contributed by atoms with van der Waals surface area (Å²) in [5.74, 6) is -0.482. The number of rotatable bonds is 3. The van der Waals surface area contributed by atoms with Crippen molar-refractivity contribution in [2.24, 2.45) is 10.9 Å². The Morgan fingerprint density at radius 2 is 2.07 bits per heavy atom. The number of hydrogen-bond donors (Lipinski definition) is 1. The van der Waals surface area contributed by atoms with Crippen LogP contribution >= 0.6 is 0 Å². The summed E-state index contributed by atoms with van der Waals surface area (Å²) in [6.07, 6.45) is 1.02. The van der Waals surface area contributed by atoms with E-state index < -0.39 is 5.97 Å². The molecule has 0 radical (unpaired) electrons. The summed E-state index contributed by atoms with van der Waals surface area (Å²) in [4.78, 5) is 15.1. The van der Waals surface area contributed by atoms with Crippen LogP contribution in [0.15, 0.2) is 48.1 Å². The zero-order valence-electron chi connectivity index (χ0n) is 7.51. The summed E-state index contributed by atoms with van der Waals surface area (Å²) in [5, 5.41) is 3.44. The second kappa shape index (κ2) is 4.81. The van der Waals surface area contributed by atoms with E-state index in [1.54, 1.807) is 12.1 Å². The first-order valence-electron chi connectivity index (χ1n) is 3.96. The highest BCUT2D eigenvalue weighted by atomic mass is 16.7. The molecule has 0 spiro atoms. The van der Waals surface area contributed by atoms with Crippen LogP contribution in [0, 0.1) is 0 Å². The molecule has 2 N–H and O–H groups in total. The summed E-state index contributed by atoms with van der Waals surface area (Å²) in [5.41, 5.74) is 6.23. The van der Waals surface area contributed by atoms with Gasteiger partial charge in [0, 0.05) is 11.6 Å². The van der Waals surface area contributed by atoms with Gasteiger partial charge < -0.3 is 10.6 Å². The van der Waals surface area contributed by atoms with E-state index in [4.69, 9.17) is 5.73 Å². The molecule has 4 nitrogen and oxygen atoms in total. The van der Waals surface area contributed by atoms with E-state index >= 15 is 0 Å². The molecule has 0 saturated heterocycles. The van der Waals surface area contributed by atoms with Crippen molar-refractivity contribution >= 4 is 11.8 Å². The standard InChI is InChI=1S/C10H10N2O2/c1-2-9(13)14-12-10(11)8-6-4-3-5-7-8/h2-7H,1H2,(H2,11,12). The topological polar surface area (TPSA) is 64.7 Å². The van der Waals surface area contributed by atoms with E-state index in [1.165, 1.54) is 0 Å². The molecule has 14 heavy (non-hydrogen) atoms. The highest BCUT2D eigenvalue weighted by molar-refractivity contribution is 5.97. The monoisotopic (exact) mass is 190 g/mol. The molecule has 0 aliphatic carbocycles. The van der Waals surface area contributed by atoms with Crippen molar-refractivity contribution in [3.8, 4) is 0 Å². The van der Waals surface area contributed by atoms with Crippen molar-refractivity contribution < 1.29 is 9.63 Å². The third-order valence-electron chi connectivity index (χ3n) is 1.47. The second-order valence-corrected chi connectivity index (χ2v) is 2.46. The first-order chi connectivity index (χ1) is 6.74. The molecule has 0 unspecified atom stereocenters. The van der Waals surface area contributed by atoms with Gasteiger partial charge in [-0.25, -0.2) is 4.79 Å². The number of hydrogen-bond acceptors (Lipinski definition) is 3. The number of carbonyl (C=O) groups is 1. The van der Waals surface area contributed by atoms with Crippen LogP contribution in [-0.4, -0.2) is 11.8 Å². The highest BCUT2D eigenvalue weighted by Gasteiger charge is 1.98. The number of carbonyl (C=O) groups excluding carboxylic acids is 1. The quantitative estimate of drug-likeness (QED) is 0.254. The summed E-state index contributed by atoms with van der Waals surface area (Å²) in [6, 6.07) is 9.01. The van der Waals surface area contributed by atoms with Crippen molar-refractivity contribution in [3.63, 3.8) is 0 Å². The predicted molar refractivity (Wildman–Crippen MR) is 53.5 cm³/mol. The number of nitrogens with two attached hydrogens (primary N) is 1. The molecule has 1 rings (SSSR count). The zero-order valence-corrected chi connectivity index (χ0v) is 7.51. The minimum atomic E-state index is -0.635. The van der Waals surface area contributed by atoms with Gasteiger partial charge in [-0.2, -0.15) is 0 Å². The maximum absolute atomic E-state index is 10.6. The number of oxime groups is 1. The van der Waals surface area contributed by atoms with Crippen LogP contribution in [0.3, 0.4) is 0 Å². The summed E-state index contributed by atoms with van der Waals surface area (Å²) >= 11 is 0. The van der Waals surface area contributed by atoms with Gasteiger partial charge in [0.2, 0.25) is 0 Å². The van der Waals surface area contributed by atoms with E-state index in [1.807, 2.05) is 18.2 Å². The molecule has 4 heteroatoms. The third-order valence-corrected chi connectivity index (χ3v) is 1.47. The molecule has 0 bridgehead atoms. The molecule has 0 saturated carbocycles. The Hall–Kier alpha value is -2.10. The molecular weight excluding hydrogens is 180 g/mol. The fourth-order valence-corrected chi connectivity index (χ4v) is 0.793. The Kier molecular flexibility index (Phi) is 3.43. The van der Waals surface area contributed by atoms with Crippen LogP contribution in [0.2, 0.25) is 0 Å². The van der Waals surface area contributed by atoms with Crippen LogP contribution in [0.25, 0.3) is 0 Å². The van der Waals surface area contributed by atoms with Crippen LogP contribution in [-0.2, 0) is 9.63 Å². The van der Waals surface area contributed by atoms with Crippen molar-refractivity contribution in [2.45, 2.75) is 0 Å². The molecule has 0 aliphatic heterocycles. The van der Waals surface area contributed by atoms with Gasteiger partial charge in [-0.05, 0) is 0 Å². The van der Waals surface area contributed by atoms with Crippen LogP contribution in [0.4, 0.5) is 0 Å². The van der Waals surface area contributed by atoms with E-state index in [0.29, 0.717) is 5.56 Å². The van der Waals surface area contributed by atoms with Crippen molar-refractivity contribution in [3.05, 3.63) is 48.6 Å². The average molecular weight is 190 g/mol. The number of nitrogens with zero attached hydrogens (tertiary/aromatic N) is 1. The van der Waals surface area contributed by atoms with Gasteiger partial charge in [0.25, 0.3) is 0 Å². The lowest BCUT2D eigenvalue weighted by molar-refractivity contribution is -0.137. The van der Waals surface area contributed by atoms with Gasteiger partial charge in [0.1, 0.15) is 0 Å². The van der Waals surface area contributed by atoms with Gasteiger partial charge in [0.15, 0.2) is 5.84 Å². The molecule has 0 aliphatic rings. The Morgan fingerprint density at radius 1 is 1.43 bits per heavy atom. The maximum atomic E-state index is 10.6. The van der Waals surface area contributed by atoms with Crippen molar-refractivity contribution in [1.29, 1.82) is 0 Å². The van der Waals surface area contributed by atoms with E-state index in [0.717, 1.165) is 6.08 Å². The molecule has 0 atom stereocenters. The van der Waals surface area contributed by atoms with Crippen LogP contribution in [0.1, 0.15) is 5.56 Å². The molecular formula is C10H10N2O2. The lowest BCUT2D eigenvalue weighted by Gasteiger charge is -1.98. The number of amidine groups is 1. The summed E-state index contributed by atoms with van der Waals surface area (Å²) < 4.78 is 0. The van der Waals surface area contributed by atoms with E-state index in [9.17, 15) is 4.79 Å². The lowest BCUT2D eigenvalue weighted by atomic mass is 10.2. The Labute approximate surface area is 81.7 Å². The fourth-order valence-electron chi connectivity index (χ4n) is 0.793. The van der Waals surface area contributed by atoms with E-state index in [2.05, 4.69) is 16.6 Å².